The molecule has 0 saturated heterocycles. The van der Waals surface area contributed by atoms with Crippen molar-refractivity contribution in [3.63, 3.8) is 0 Å². The summed E-state index contributed by atoms with van der Waals surface area (Å²) in [5.74, 6) is 1.26. The molecule has 1 aromatic heterocycles. The third-order valence-corrected chi connectivity index (χ3v) is 5.45. The van der Waals surface area contributed by atoms with Gasteiger partial charge in [-0.25, -0.2) is 0 Å². The summed E-state index contributed by atoms with van der Waals surface area (Å²) >= 11 is 6.96. The van der Waals surface area contributed by atoms with Gasteiger partial charge in [0.2, 0.25) is 0 Å². The summed E-state index contributed by atoms with van der Waals surface area (Å²) in [7, 11) is 1.62. The predicted molar refractivity (Wildman–Crippen MR) is 103 cm³/mol. The standard InChI is InChI=1S/C18H18Br2N2O3/c1-11(16-9-13(24-2)3-4-21-16)22-5-6-25-17-14(18(22)23)7-12(10-19)8-15(17)20/h3-4,7-9,11H,5-6,10H2,1-2H3. The Morgan fingerprint density at radius 3 is 2.92 bits per heavy atom. The minimum absolute atomic E-state index is 0.0619. The molecule has 1 aromatic carbocycles. The van der Waals surface area contributed by atoms with Gasteiger partial charge in [0.05, 0.1) is 35.4 Å². The summed E-state index contributed by atoms with van der Waals surface area (Å²) in [6.07, 6.45) is 1.69. The molecule has 0 radical (unpaired) electrons. The van der Waals surface area contributed by atoms with Gasteiger partial charge in [-0.15, -0.1) is 0 Å². The second kappa shape index (κ2) is 7.74. The lowest BCUT2D eigenvalue weighted by Crippen LogP contribution is -2.35. The van der Waals surface area contributed by atoms with Crippen molar-refractivity contribution >= 4 is 37.8 Å². The number of aromatic nitrogens is 1. The largest absolute Gasteiger partial charge is 0.497 e. The van der Waals surface area contributed by atoms with Crippen LogP contribution in [-0.4, -0.2) is 36.1 Å². The van der Waals surface area contributed by atoms with Crippen LogP contribution in [0.4, 0.5) is 0 Å². The lowest BCUT2D eigenvalue weighted by Gasteiger charge is -2.27. The first-order valence-corrected chi connectivity index (χ1v) is 9.78. The number of carbonyl (C=O) groups is 1. The summed E-state index contributed by atoms with van der Waals surface area (Å²) in [4.78, 5) is 19.4. The van der Waals surface area contributed by atoms with Gasteiger partial charge in [0, 0.05) is 17.6 Å². The molecule has 0 bridgehead atoms. The Bertz CT molecular complexity index is 798. The van der Waals surface area contributed by atoms with E-state index in [1.165, 1.54) is 0 Å². The number of hydrogen-bond acceptors (Lipinski definition) is 4. The summed E-state index contributed by atoms with van der Waals surface area (Å²) in [6, 6.07) is 7.29. The summed E-state index contributed by atoms with van der Waals surface area (Å²) in [5.41, 5.74) is 2.36. The Morgan fingerprint density at radius 1 is 1.40 bits per heavy atom. The van der Waals surface area contributed by atoms with Gasteiger partial charge < -0.3 is 14.4 Å². The van der Waals surface area contributed by atoms with Crippen molar-refractivity contribution < 1.29 is 14.3 Å². The van der Waals surface area contributed by atoms with E-state index in [0.29, 0.717) is 29.8 Å². The lowest BCUT2D eigenvalue weighted by molar-refractivity contribution is 0.0684. The minimum atomic E-state index is -0.191. The van der Waals surface area contributed by atoms with E-state index in [9.17, 15) is 4.79 Å². The Balaban J connectivity index is 1.98. The minimum Gasteiger partial charge on any atom is -0.497 e. The smallest absolute Gasteiger partial charge is 0.258 e. The maximum atomic E-state index is 13.2. The monoisotopic (exact) mass is 468 g/mol. The van der Waals surface area contributed by atoms with Gasteiger partial charge in [-0.1, -0.05) is 15.9 Å². The Labute approximate surface area is 163 Å². The number of benzene rings is 1. The van der Waals surface area contributed by atoms with Crippen LogP contribution in [0.25, 0.3) is 0 Å². The Morgan fingerprint density at radius 2 is 2.20 bits per heavy atom. The fourth-order valence-electron chi connectivity index (χ4n) is 2.85. The molecule has 25 heavy (non-hydrogen) atoms. The van der Waals surface area contributed by atoms with Crippen molar-refractivity contribution in [1.82, 2.24) is 9.88 Å². The number of hydrogen-bond donors (Lipinski definition) is 0. The quantitative estimate of drug-likeness (QED) is 0.625. The molecule has 1 aliphatic rings. The van der Waals surface area contributed by atoms with E-state index in [2.05, 4.69) is 36.8 Å². The Hall–Kier alpha value is -1.60. The lowest BCUT2D eigenvalue weighted by atomic mass is 10.1. The fourth-order valence-corrected chi connectivity index (χ4v) is 3.79. The number of pyridine rings is 1. The van der Waals surface area contributed by atoms with Crippen molar-refractivity contribution in [3.05, 3.63) is 51.8 Å². The maximum absolute atomic E-state index is 13.2. The van der Waals surface area contributed by atoms with E-state index in [0.717, 1.165) is 21.5 Å². The van der Waals surface area contributed by atoms with Crippen LogP contribution in [-0.2, 0) is 5.33 Å². The van der Waals surface area contributed by atoms with Crippen molar-refractivity contribution in [3.8, 4) is 11.5 Å². The first kappa shape index (κ1) is 18.2. The van der Waals surface area contributed by atoms with Crippen LogP contribution in [0.3, 0.4) is 0 Å². The van der Waals surface area contributed by atoms with Gasteiger partial charge >= 0.3 is 0 Å². The molecule has 0 N–H and O–H groups in total. The number of ether oxygens (including phenoxy) is 2. The summed E-state index contributed by atoms with van der Waals surface area (Å²) < 4.78 is 11.9. The maximum Gasteiger partial charge on any atom is 0.258 e. The molecule has 0 aliphatic carbocycles. The highest BCUT2D eigenvalue weighted by molar-refractivity contribution is 9.10. The summed E-state index contributed by atoms with van der Waals surface area (Å²) in [6.45, 7) is 2.89. The molecular formula is C18H18Br2N2O3. The van der Waals surface area contributed by atoms with Crippen molar-refractivity contribution in [2.24, 2.45) is 0 Å². The van der Waals surface area contributed by atoms with Crippen LogP contribution in [0.2, 0.25) is 0 Å². The predicted octanol–water partition coefficient (Wildman–Crippen LogP) is 4.34. The van der Waals surface area contributed by atoms with Crippen molar-refractivity contribution in [2.75, 3.05) is 20.3 Å². The molecule has 1 amide bonds. The Kier molecular flexibility index (Phi) is 5.64. The van der Waals surface area contributed by atoms with E-state index in [1.807, 2.05) is 25.1 Å². The number of nitrogens with zero attached hydrogens (tertiary/aromatic N) is 2. The normalized spacial score (nSPS) is 15.2. The third kappa shape index (κ3) is 3.67. The van der Waals surface area contributed by atoms with Gasteiger partial charge in [0.1, 0.15) is 18.1 Å². The molecule has 1 atom stereocenters. The highest BCUT2D eigenvalue weighted by atomic mass is 79.9. The first-order valence-electron chi connectivity index (χ1n) is 7.87. The number of halogens is 2. The molecule has 0 spiro atoms. The second-order valence-electron chi connectivity index (χ2n) is 5.73. The zero-order valence-corrected chi connectivity index (χ0v) is 17.1. The molecule has 5 nitrogen and oxygen atoms in total. The number of carbonyl (C=O) groups excluding carboxylic acids is 1. The number of alkyl halides is 1. The number of rotatable bonds is 4. The van der Waals surface area contributed by atoms with E-state index in [1.54, 1.807) is 24.3 Å². The van der Waals surface area contributed by atoms with Crippen LogP contribution in [0, 0.1) is 0 Å². The molecule has 1 aliphatic heterocycles. The molecule has 1 unspecified atom stereocenters. The van der Waals surface area contributed by atoms with Crippen molar-refractivity contribution in [1.29, 1.82) is 0 Å². The number of fused-ring (bicyclic) bond motifs is 1. The van der Waals surface area contributed by atoms with Crippen LogP contribution in [0.15, 0.2) is 34.9 Å². The molecule has 0 saturated carbocycles. The van der Waals surface area contributed by atoms with Gasteiger partial charge in [-0.2, -0.15) is 0 Å². The molecule has 3 rings (SSSR count). The van der Waals surface area contributed by atoms with Gasteiger partial charge in [0.15, 0.2) is 0 Å². The molecule has 0 fully saturated rings. The fraction of sp³-hybridized carbons (Fsp3) is 0.333. The molecule has 2 aromatic rings. The highest BCUT2D eigenvalue weighted by Crippen LogP contribution is 2.35. The van der Waals surface area contributed by atoms with Gasteiger partial charge in [0.25, 0.3) is 5.91 Å². The highest BCUT2D eigenvalue weighted by Gasteiger charge is 2.30. The topological polar surface area (TPSA) is 51.7 Å². The van der Waals surface area contributed by atoms with Crippen LogP contribution in [0.1, 0.15) is 34.6 Å². The van der Waals surface area contributed by atoms with E-state index >= 15 is 0 Å². The first-order chi connectivity index (χ1) is 12.0. The van der Waals surface area contributed by atoms with Crippen molar-refractivity contribution in [2.45, 2.75) is 18.3 Å². The molecular weight excluding hydrogens is 452 g/mol. The van der Waals surface area contributed by atoms with Crippen LogP contribution >= 0.6 is 31.9 Å². The summed E-state index contributed by atoms with van der Waals surface area (Å²) in [5, 5.41) is 0.666. The SMILES string of the molecule is COc1ccnc(C(C)N2CCOc3c(Br)cc(CBr)cc3C2=O)c1. The van der Waals surface area contributed by atoms with Gasteiger partial charge in [-0.05, 0) is 46.6 Å². The number of amides is 1. The average molecular weight is 470 g/mol. The molecule has 2 heterocycles. The molecule has 132 valence electrons. The average Bonchev–Trinajstić information content (AvgIpc) is 2.80. The zero-order valence-electron chi connectivity index (χ0n) is 14.0. The third-order valence-electron chi connectivity index (χ3n) is 4.21. The van der Waals surface area contributed by atoms with Crippen LogP contribution in [0.5, 0.6) is 11.5 Å². The van der Waals surface area contributed by atoms with Crippen LogP contribution < -0.4 is 9.47 Å². The molecule has 7 heteroatoms. The number of methoxy groups -OCH3 is 1. The zero-order chi connectivity index (χ0) is 18.0. The van der Waals surface area contributed by atoms with E-state index in [4.69, 9.17) is 9.47 Å². The second-order valence-corrected chi connectivity index (χ2v) is 7.15. The van der Waals surface area contributed by atoms with E-state index < -0.39 is 0 Å². The van der Waals surface area contributed by atoms with Gasteiger partial charge in [-0.3, -0.25) is 9.78 Å². The van der Waals surface area contributed by atoms with E-state index in [-0.39, 0.29) is 11.9 Å².